The van der Waals surface area contributed by atoms with Gasteiger partial charge in [0.15, 0.2) is 4.96 Å². The number of imidazole rings is 1. The lowest BCUT2D eigenvalue weighted by atomic mass is 9.91. The van der Waals surface area contributed by atoms with Crippen LogP contribution in [0.2, 0.25) is 0 Å². The van der Waals surface area contributed by atoms with Crippen molar-refractivity contribution in [1.82, 2.24) is 9.38 Å². The highest BCUT2D eigenvalue weighted by molar-refractivity contribution is 7.17. The maximum absolute atomic E-state index is 11.6. The van der Waals surface area contributed by atoms with E-state index < -0.39 is 11.9 Å². The van der Waals surface area contributed by atoms with Crippen LogP contribution in [-0.4, -0.2) is 27.1 Å². The number of hydrogen-bond donors (Lipinski definition) is 1. The van der Waals surface area contributed by atoms with Crippen LogP contribution in [0, 0.1) is 0 Å². The Labute approximate surface area is 143 Å². The van der Waals surface area contributed by atoms with Gasteiger partial charge in [-0.05, 0) is 50.5 Å². The monoisotopic (exact) mass is 342 g/mol. The Bertz CT molecular complexity index is 895. The summed E-state index contributed by atoms with van der Waals surface area (Å²) in [5.74, 6) is -0.331. The minimum absolute atomic E-state index is 0.426. The fraction of sp³-hybridized carbons (Fsp3) is 0.333. The van der Waals surface area contributed by atoms with Gasteiger partial charge in [0.05, 0.1) is 23.9 Å². The first kappa shape index (κ1) is 15.2. The van der Waals surface area contributed by atoms with Gasteiger partial charge in [-0.2, -0.15) is 0 Å². The van der Waals surface area contributed by atoms with Gasteiger partial charge in [0.25, 0.3) is 0 Å². The Morgan fingerprint density at radius 1 is 1.42 bits per heavy atom. The van der Waals surface area contributed by atoms with E-state index in [0.717, 1.165) is 45.4 Å². The molecule has 1 N–H and O–H groups in total. The van der Waals surface area contributed by atoms with Crippen molar-refractivity contribution in [3.05, 3.63) is 41.0 Å². The molecule has 2 heterocycles. The average molecular weight is 342 g/mol. The molecule has 0 spiro atoms. The lowest BCUT2D eigenvalue weighted by molar-refractivity contribution is -0.139. The number of thiazole rings is 1. The summed E-state index contributed by atoms with van der Waals surface area (Å²) >= 11 is 1.61. The molecule has 1 unspecified atom stereocenters. The van der Waals surface area contributed by atoms with E-state index in [4.69, 9.17) is 9.72 Å². The molecular formula is C18H18N2O3S. The molecule has 3 aromatic rings. The van der Waals surface area contributed by atoms with Gasteiger partial charge in [-0.1, -0.05) is 0 Å². The topological polar surface area (TPSA) is 63.8 Å². The van der Waals surface area contributed by atoms with Crippen molar-refractivity contribution < 1.29 is 14.6 Å². The van der Waals surface area contributed by atoms with Gasteiger partial charge >= 0.3 is 5.97 Å². The molecule has 0 radical (unpaired) electrons. The van der Waals surface area contributed by atoms with Crippen LogP contribution in [0.5, 0.6) is 5.75 Å². The van der Waals surface area contributed by atoms with E-state index in [9.17, 15) is 9.90 Å². The van der Waals surface area contributed by atoms with Crippen LogP contribution in [0.4, 0.5) is 0 Å². The van der Waals surface area contributed by atoms with Crippen molar-refractivity contribution in [3.8, 4) is 17.0 Å². The number of carboxylic acid groups (broad SMARTS) is 1. The highest BCUT2D eigenvalue weighted by Crippen LogP contribution is 2.38. The average Bonchev–Trinajstić information content (AvgIpc) is 3.13. The maximum Gasteiger partial charge on any atom is 0.312 e. The van der Waals surface area contributed by atoms with Crippen LogP contribution < -0.4 is 4.74 Å². The molecule has 0 bridgehead atoms. The number of aliphatic carboxylic acids is 1. The van der Waals surface area contributed by atoms with Crippen molar-refractivity contribution >= 4 is 22.3 Å². The predicted molar refractivity (Wildman–Crippen MR) is 93.0 cm³/mol. The van der Waals surface area contributed by atoms with Crippen molar-refractivity contribution in [2.45, 2.75) is 32.1 Å². The van der Waals surface area contributed by atoms with Crippen LogP contribution in [0.1, 0.15) is 36.3 Å². The molecule has 5 nitrogen and oxygen atoms in total. The van der Waals surface area contributed by atoms with Crippen LogP contribution in [-0.2, 0) is 11.2 Å². The lowest BCUT2D eigenvalue weighted by Gasteiger charge is -2.18. The number of carboxylic acids is 1. The van der Waals surface area contributed by atoms with Crippen LogP contribution in [0.25, 0.3) is 16.2 Å². The highest BCUT2D eigenvalue weighted by atomic mass is 32.1. The van der Waals surface area contributed by atoms with Crippen molar-refractivity contribution in [2.75, 3.05) is 6.61 Å². The SMILES string of the molecule is CCOc1ccc(-c2cn3c4c(sc3n2)CCCC4C(=O)O)cc1. The second kappa shape index (κ2) is 5.94. The number of nitrogens with zero attached hydrogens (tertiary/aromatic N) is 2. The molecule has 0 amide bonds. The fourth-order valence-corrected chi connectivity index (χ4v) is 4.52. The van der Waals surface area contributed by atoms with Crippen molar-refractivity contribution in [2.24, 2.45) is 0 Å². The number of ether oxygens (including phenoxy) is 1. The zero-order valence-electron chi connectivity index (χ0n) is 13.4. The van der Waals surface area contributed by atoms with E-state index in [-0.39, 0.29) is 0 Å². The Morgan fingerprint density at radius 3 is 2.92 bits per heavy atom. The Hall–Kier alpha value is -2.34. The molecule has 0 fully saturated rings. The zero-order chi connectivity index (χ0) is 16.7. The number of carbonyl (C=O) groups is 1. The van der Waals surface area contributed by atoms with E-state index in [1.54, 1.807) is 11.3 Å². The molecular weight excluding hydrogens is 324 g/mol. The van der Waals surface area contributed by atoms with Crippen LogP contribution in [0.3, 0.4) is 0 Å². The van der Waals surface area contributed by atoms with E-state index in [2.05, 4.69) is 0 Å². The lowest BCUT2D eigenvalue weighted by Crippen LogP contribution is -2.18. The van der Waals surface area contributed by atoms with Crippen molar-refractivity contribution in [1.29, 1.82) is 0 Å². The first-order chi connectivity index (χ1) is 11.7. The molecule has 1 aliphatic carbocycles. The Balaban J connectivity index is 1.75. The van der Waals surface area contributed by atoms with E-state index in [1.807, 2.05) is 41.8 Å². The van der Waals surface area contributed by atoms with Crippen LogP contribution >= 0.6 is 11.3 Å². The third-order valence-electron chi connectivity index (χ3n) is 4.42. The van der Waals surface area contributed by atoms with E-state index in [1.165, 1.54) is 0 Å². The summed E-state index contributed by atoms with van der Waals surface area (Å²) in [6, 6.07) is 7.83. The van der Waals surface area contributed by atoms with Gasteiger partial charge in [0.1, 0.15) is 5.75 Å². The summed E-state index contributed by atoms with van der Waals surface area (Å²) in [5.41, 5.74) is 2.78. The molecule has 0 saturated heterocycles. The Kier molecular flexibility index (Phi) is 3.76. The van der Waals surface area contributed by atoms with Gasteiger partial charge in [0.2, 0.25) is 0 Å². The minimum Gasteiger partial charge on any atom is -0.494 e. The van der Waals surface area contributed by atoms with Gasteiger partial charge < -0.3 is 9.84 Å². The molecule has 0 saturated carbocycles. The molecule has 6 heteroatoms. The standard InChI is InChI=1S/C18H18N2O3S/c1-2-23-12-8-6-11(7-9-12)14-10-20-16-13(17(21)22)4-3-5-15(16)24-18(20)19-14/h6-10,13H,2-5H2,1H3,(H,21,22). The van der Waals surface area contributed by atoms with Gasteiger partial charge in [-0.15, -0.1) is 11.3 Å². The predicted octanol–water partition coefficient (Wildman–Crippen LogP) is 3.97. The summed E-state index contributed by atoms with van der Waals surface area (Å²) < 4.78 is 7.44. The number of hydrogen-bond acceptors (Lipinski definition) is 4. The molecule has 1 aromatic carbocycles. The summed E-state index contributed by atoms with van der Waals surface area (Å²) in [4.78, 5) is 18.3. The molecule has 2 aromatic heterocycles. The molecule has 0 aliphatic heterocycles. The van der Waals surface area contributed by atoms with Crippen molar-refractivity contribution in [3.63, 3.8) is 0 Å². The second-order valence-corrected chi connectivity index (χ2v) is 6.99. The molecule has 4 rings (SSSR count). The third kappa shape index (κ3) is 2.47. The molecule has 24 heavy (non-hydrogen) atoms. The minimum atomic E-state index is -0.744. The summed E-state index contributed by atoms with van der Waals surface area (Å²) in [5, 5.41) is 9.52. The number of benzene rings is 1. The summed E-state index contributed by atoms with van der Waals surface area (Å²) in [7, 11) is 0. The second-order valence-electron chi connectivity index (χ2n) is 5.93. The third-order valence-corrected chi connectivity index (χ3v) is 5.55. The Morgan fingerprint density at radius 2 is 2.21 bits per heavy atom. The summed E-state index contributed by atoms with van der Waals surface area (Å²) in [6.07, 6.45) is 4.54. The molecule has 124 valence electrons. The first-order valence-corrected chi connectivity index (χ1v) is 8.95. The molecule has 1 aliphatic rings. The quantitative estimate of drug-likeness (QED) is 0.779. The normalized spacial score (nSPS) is 17.0. The number of rotatable bonds is 4. The largest absolute Gasteiger partial charge is 0.494 e. The zero-order valence-corrected chi connectivity index (χ0v) is 14.2. The maximum atomic E-state index is 11.6. The van der Waals surface area contributed by atoms with E-state index >= 15 is 0 Å². The number of aromatic nitrogens is 2. The van der Waals surface area contributed by atoms with Gasteiger partial charge in [-0.3, -0.25) is 9.20 Å². The smallest absolute Gasteiger partial charge is 0.312 e. The van der Waals surface area contributed by atoms with Crippen LogP contribution in [0.15, 0.2) is 30.5 Å². The summed E-state index contributed by atoms with van der Waals surface area (Å²) in [6.45, 7) is 2.60. The van der Waals surface area contributed by atoms with E-state index in [0.29, 0.717) is 13.0 Å². The molecule has 1 atom stereocenters. The number of fused-ring (bicyclic) bond motifs is 3. The van der Waals surface area contributed by atoms with Gasteiger partial charge in [0, 0.05) is 16.6 Å². The van der Waals surface area contributed by atoms with Gasteiger partial charge in [-0.25, -0.2) is 4.98 Å². The first-order valence-electron chi connectivity index (χ1n) is 8.14. The number of aryl methyl sites for hydroxylation is 1. The highest BCUT2D eigenvalue weighted by Gasteiger charge is 2.31. The fourth-order valence-electron chi connectivity index (χ4n) is 3.32.